The Hall–Kier alpha value is -1.89. The Balaban J connectivity index is 1.86. The van der Waals surface area contributed by atoms with Crippen molar-refractivity contribution in [2.75, 3.05) is 18.1 Å². The molecule has 23 heavy (non-hydrogen) atoms. The quantitative estimate of drug-likeness (QED) is 0.790. The van der Waals surface area contributed by atoms with Gasteiger partial charge in [-0.05, 0) is 37.6 Å². The molecule has 1 aliphatic rings. The lowest BCUT2D eigenvalue weighted by molar-refractivity contribution is -0.124. The first-order chi connectivity index (χ1) is 10.7. The molecule has 1 N–H and O–H groups in total. The predicted molar refractivity (Wildman–Crippen MR) is 86.4 cm³/mol. The van der Waals surface area contributed by atoms with Gasteiger partial charge in [0.05, 0.1) is 17.0 Å². The van der Waals surface area contributed by atoms with Gasteiger partial charge in [-0.1, -0.05) is 6.92 Å². The van der Waals surface area contributed by atoms with Gasteiger partial charge in [-0.15, -0.1) is 0 Å². The highest BCUT2D eigenvalue weighted by Crippen LogP contribution is 2.22. The summed E-state index contributed by atoms with van der Waals surface area (Å²) in [5.41, 5.74) is -0.121. The molecule has 0 bridgehead atoms. The SMILES string of the molecule is CCC(=O)c1ccc(OCC(=O)N[C@@]2(C)CCS(=O)(=O)C2)cc1. The predicted octanol–water partition coefficient (Wildman–Crippen LogP) is 1.35. The van der Waals surface area contributed by atoms with Gasteiger partial charge in [0.15, 0.2) is 22.2 Å². The molecule has 1 atom stereocenters. The molecule has 126 valence electrons. The number of amides is 1. The summed E-state index contributed by atoms with van der Waals surface area (Å²) in [6.07, 6.45) is 0.846. The Morgan fingerprint density at radius 2 is 1.91 bits per heavy atom. The summed E-state index contributed by atoms with van der Waals surface area (Å²) in [7, 11) is -3.07. The highest BCUT2D eigenvalue weighted by molar-refractivity contribution is 7.91. The number of hydrogen-bond donors (Lipinski definition) is 1. The highest BCUT2D eigenvalue weighted by atomic mass is 32.2. The van der Waals surface area contributed by atoms with Crippen LogP contribution >= 0.6 is 0 Å². The zero-order valence-electron chi connectivity index (χ0n) is 13.3. The average molecular weight is 339 g/mol. The molecule has 0 radical (unpaired) electrons. The van der Waals surface area contributed by atoms with E-state index in [0.717, 1.165) is 0 Å². The molecule has 1 heterocycles. The number of ether oxygens (including phenoxy) is 1. The minimum Gasteiger partial charge on any atom is -0.484 e. The number of benzene rings is 1. The molecule has 1 aliphatic heterocycles. The second-order valence-electron chi connectivity index (χ2n) is 6.04. The molecule has 0 aliphatic carbocycles. The van der Waals surface area contributed by atoms with Gasteiger partial charge in [0, 0.05) is 12.0 Å². The van der Waals surface area contributed by atoms with Crippen molar-refractivity contribution in [2.45, 2.75) is 32.2 Å². The van der Waals surface area contributed by atoms with E-state index in [4.69, 9.17) is 4.74 Å². The Bertz CT molecular complexity index is 696. The van der Waals surface area contributed by atoms with Crippen molar-refractivity contribution in [3.63, 3.8) is 0 Å². The summed E-state index contributed by atoms with van der Waals surface area (Å²) in [6, 6.07) is 6.59. The first-order valence-electron chi connectivity index (χ1n) is 7.50. The molecule has 0 aromatic heterocycles. The Morgan fingerprint density at radius 1 is 1.26 bits per heavy atom. The lowest BCUT2D eigenvalue weighted by Gasteiger charge is -2.23. The molecule has 2 rings (SSSR count). The van der Waals surface area contributed by atoms with Crippen molar-refractivity contribution < 1.29 is 22.7 Å². The number of hydrogen-bond acceptors (Lipinski definition) is 5. The normalized spacial score (nSPS) is 22.5. The summed E-state index contributed by atoms with van der Waals surface area (Å²) in [5, 5.41) is 2.72. The molecule has 1 fully saturated rings. The standard InChI is InChI=1S/C16H21NO5S/c1-3-14(18)12-4-6-13(7-5-12)22-10-15(19)17-16(2)8-9-23(20,21)11-16/h4-7H,3,8-11H2,1-2H3,(H,17,19)/t16-/m0/s1. The maximum absolute atomic E-state index is 11.9. The first kappa shape index (κ1) is 17.5. The van der Waals surface area contributed by atoms with Crippen LogP contribution in [0.25, 0.3) is 0 Å². The van der Waals surface area contributed by atoms with Crippen LogP contribution in [-0.4, -0.2) is 43.8 Å². The summed E-state index contributed by atoms with van der Waals surface area (Å²) >= 11 is 0. The second kappa shape index (κ2) is 6.70. The lowest BCUT2D eigenvalue weighted by atomic mass is 10.0. The zero-order valence-corrected chi connectivity index (χ0v) is 14.1. The van der Waals surface area contributed by atoms with Crippen LogP contribution in [0.4, 0.5) is 0 Å². The molecule has 1 aromatic rings. The monoisotopic (exact) mass is 339 g/mol. The smallest absolute Gasteiger partial charge is 0.258 e. The lowest BCUT2D eigenvalue weighted by Crippen LogP contribution is -2.48. The first-order valence-corrected chi connectivity index (χ1v) is 9.33. The van der Waals surface area contributed by atoms with Gasteiger partial charge in [-0.2, -0.15) is 0 Å². The van der Waals surface area contributed by atoms with E-state index in [1.165, 1.54) is 0 Å². The summed E-state index contributed by atoms with van der Waals surface area (Å²) < 4.78 is 28.4. The average Bonchev–Trinajstić information content (AvgIpc) is 2.78. The Kier molecular flexibility index (Phi) is 5.09. The van der Waals surface area contributed by atoms with Crippen LogP contribution in [0.5, 0.6) is 5.75 Å². The number of carbonyl (C=O) groups is 2. The topological polar surface area (TPSA) is 89.5 Å². The van der Waals surface area contributed by atoms with Crippen LogP contribution in [0.1, 0.15) is 37.0 Å². The Morgan fingerprint density at radius 3 is 2.43 bits per heavy atom. The largest absolute Gasteiger partial charge is 0.484 e. The number of ketones is 1. The minimum atomic E-state index is -3.07. The Labute approximate surface area is 136 Å². The number of rotatable bonds is 6. The third kappa shape index (κ3) is 4.79. The van der Waals surface area contributed by atoms with Crippen LogP contribution in [0, 0.1) is 0 Å². The van der Waals surface area contributed by atoms with Crippen molar-refractivity contribution in [1.29, 1.82) is 0 Å². The van der Waals surface area contributed by atoms with E-state index in [1.807, 2.05) is 0 Å². The van der Waals surface area contributed by atoms with Crippen molar-refractivity contribution in [3.8, 4) is 5.75 Å². The van der Waals surface area contributed by atoms with E-state index in [9.17, 15) is 18.0 Å². The molecular formula is C16H21NO5S. The molecule has 0 saturated carbocycles. The molecule has 1 saturated heterocycles. The second-order valence-corrected chi connectivity index (χ2v) is 8.22. The van der Waals surface area contributed by atoms with Gasteiger partial charge < -0.3 is 10.1 Å². The number of carbonyl (C=O) groups excluding carboxylic acids is 2. The molecule has 1 amide bonds. The number of nitrogens with one attached hydrogen (secondary N) is 1. The summed E-state index contributed by atoms with van der Waals surface area (Å²) in [6.45, 7) is 3.32. The van der Waals surface area contributed by atoms with Gasteiger partial charge >= 0.3 is 0 Å². The molecule has 7 heteroatoms. The van der Waals surface area contributed by atoms with E-state index >= 15 is 0 Å². The van der Waals surface area contributed by atoms with Crippen LogP contribution in [0.3, 0.4) is 0 Å². The van der Waals surface area contributed by atoms with Gasteiger partial charge in [-0.3, -0.25) is 9.59 Å². The maximum Gasteiger partial charge on any atom is 0.258 e. The van der Waals surface area contributed by atoms with Gasteiger partial charge in [0.25, 0.3) is 5.91 Å². The van der Waals surface area contributed by atoms with Gasteiger partial charge in [0.1, 0.15) is 5.75 Å². The van der Waals surface area contributed by atoms with Crippen LogP contribution in [0.15, 0.2) is 24.3 Å². The third-order valence-corrected chi connectivity index (χ3v) is 5.71. The van der Waals surface area contributed by atoms with Crippen LogP contribution < -0.4 is 10.1 Å². The van der Waals surface area contributed by atoms with E-state index in [-0.39, 0.29) is 29.8 Å². The van der Waals surface area contributed by atoms with Gasteiger partial charge in [-0.25, -0.2) is 8.42 Å². The van der Waals surface area contributed by atoms with Crippen LogP contribution in [0.2, 0.25) is 0 Å². The van der Waals surface area contributed by atoms with Crippen molar-refractivity contribution in [2.24, 2.45) is 0 Å². The van der Waals surface area contributed by atoms with E-state index in [0.29, 0.717) is 24.2 Å². The van der Waals surface area contributed by atoms with Crippen molar-refractivity contribution in [1.82, 2.24) is 5.32 Å². The molecule has 6 nitrogen and oxygen atoms in total. The number of Topliss-reactive ketones (excluding diaryl/α,β-unsaturated/α-hetero) is 1. The van der Waals surface area contributed by atoms with E-state index in [1.54, 1.807) is 38.1 Å². The van der Waals surface area contributed by atoms with Crippen molar-refractivity contribution >= 4 is 21.5 Å². The van der Waals surface area contributed by atoms with Crippen LogP contribution in [-0.2, 0) is 14.6 Å². The summed E-state index contributed by atoms with van der Waals surface area (Å²) in [5.74, 6) is 0.219. The fourth-order valence-corrected chi connectivity index (χ4v) is 4.66. The zero-order chi connectivity index (χ0) is 17.1. The molecule has 1 aromatic carbocycles. The molecular weight excluding hydrogens is 318 g/mol. The molecule has 0 unspecified atom stereocenters. The molecule has 0 spiro atoms. The number of sulfone groups is 1. The van der Waals surface area contributed by atoms with Crippen molar-refractivity contribution in [3.05, 3.63) is 29.8 Å². The fraction of sp³-hybridized carbons (Fsp3) is 0.500. The minimum absolute atomic E-state index is 0.0421. The van der Waals surface area contributed by atoms with E-state index in [2.05, 4.69) is 5.32 Å². The maximum atomic E-state index is 11.9. The highest BCUT2D eigenvalue weighted by Gasteiger charge is 2.39. The summed E-state index contributed by atoms with van der Waals surface area (Å²) in [4.78, 5) is 23.4. The van der Waals surface area contributed by atoms with E-state index < -0.39 is 15.4 Å². The van der Waals surface area contributed by atoms with Gasteiger partial charge in [0.2, 0.25) is 0 Å². The fourth-order valence-electron chi connectivity index (χ4n) is 2.57. The third-order valence-electron chi connectivity index (χ3n) is 3.81.